The van der Waals surface area contributed by atoms with Crippen molar-refractivity contribution in [2.45, 2.75) is 66.1 Å². The van der Waals surface area contributed by atoms with Crippen molar-refractivity contribution in [3.05, 3.63) is 57.8 Å². The first kappa shape index (κ1) is 22.2. The highest BCUT2D eigenvalue weighted by molar-refractivity contribution is 7.13. The molecule has 28 heavy (non-hydrogen) atoms. The largest absolute Gasteiger partial charge is 0.460 e. The topological polar surface area (TPSA) is 52.6 Å². The minimum absolute atomic E-state index is 0.187. The maximum Gasteiger partial charge on any atom is 0.348 e. The number of ether oxygens (including phenoxy) is 2. The Morgan fingerprint density at radius 2 is 1.61 bits per heavy atom. The van der Waals surface area contributed by atoms with Crippen molar-refractivity contribution in [3.8, 4) is 0 Å². The molecule has 0 radical (unpaired) electrons. The fourth-order valence-electron chi connectivity index (χ4n) is 2.98. The minimum Gasteiger partial charge on any atom is -0.460 e. The molecule has 0 saturated carbocycles. The summed E-state index contributed by atoms with van der Waals surface area (Å²) < 4.78 is 11.1. The molecule has 0 aliphatic heterocycles. The van der Waals surface area contributed by atoms with Crippen molar-refractivity contribution in [1.82, 2.24) is 0 Å². The van der Waals surface area contributed by atoms with E-state index in [0.717, 1.165) is 10.4 Å². The molecule has 0 N–H and O–H groups in total. The van der Waals surface area contributed by atoms with Gasteiger partial charge in [0.2, 0.25) is 0 Å². The van der Waals surface area contributed by atoms with Crippen molar-refractivity contribution in [3.63, 3.8) is 0 Å². The van der Waals surface area contributed by atoms with Gasteiger partial charge in [-0.1, -0.05) is 44.2 Å². The van der Waals surface area contributed by atoms with Crippen LogP contribution in [0.1, 0.15) is 67.6 Å². The Hall–Kier alpha value is -2.14. The zero-order valence-corrected chi connectivity index (χ0v) is 18.2. The molecule has 0 fully saturated rings. The van der Waals surface area contributed by atoms with Crippen molar-refractivity contribution in [2.24, 2.45) is 5.41 Å². The Kier molecular flexibility index (Phi) is 7.41. The zero-order chi connectivity index (χ0) is 20.8. The first-order chi connectivity index (χ1) is 13.2. The first-order valence-corrected chi connectivity index (χ1v) is 10.5. The number of benzene rings is 1. The van der Waals surface area contributed by atoms with Crippen molar-refractivity contribution < 1.29 is 19.1 Å². The molecule has 2 rings (SSSR count). The normalized spacial score (nSPS) is 11.9. The van der Waals surface area contributed by atoms with Gasteiger partial charge in [0.05, 0.1) is 5.41 Å². The van der Waals surface area contributed by atoms with Gasteiger partial charge in [0.25, 0.3) is 0 Å². The third kappa shape index (κ3) is 5.93. The molecule has 0 bridgehead atoms. The molecule has 1 aromatic heterocycles. The van der Waals surface area contributed by atoms with E-state index in [9.17, 15) is 9.59 Å². The molecule has 0 aliphatic carbocycles. The summed E-state index contributed by atoms with van der Waals surface area (Å²) in [4.78, 5) is 26.7. The molecule has 0 spiro atoms. The summed E-state index contributed by atoms with van der Waals surface area (Å²) in [7, 11) is 0. The van der Waals surface area contributed by atoms with E-state index in [1.165, 1.54) is 11.3 Å². The Labute approximate surface area is 171 Å². The lowest BCUT2D eigenvalue weighted by Crippen LogP contribution is -2.33. The van der Waals surface area contributed by atoms with Crippen LogP contribution in [0.15, 0.2) is 42.5 Å². The smallest absolute Gasteiger partial charge is 0.348 e. The van der Waals surface area contributed by atoms with E-state index >= 15 is 0 Å². The average Bonchev–Trinajstić information content (AvgIpc) is 3.12. The summed E-state index contributed by atoms with van der Waals surface area (Å²) in [6.07, 6.45) is 1.91. The molecule has 0 atom stereocenters. The van der Waals surface area contributed by atoms with Crippen LogP contribution in [0, 0.1) is 5.41 Å². The number of hydrogen-bond acceptors (Lipinski definition) is 5. The maximum absolute atomic E-state index is 12.9. The van der Waals surface area contributed by atoms with Crippen LogP contribution >= 0.6 is 11.3 Å². The van der Waals surface area contributed by atoms with Gasteiger partial charge in [0.15, 0.2) is 0 Å². The van der Waals surface area contributed by atoms with Crippen LogP contribution < -0.4 is 0 Å². The lowest BCUT2D eigenvalue weighted by molar-refractivity contribution is -0.158. The molecule has 0 amide bonds. The lowest BCUT2D eigenvalue weighted by Gasteiger charge is -2.28. The summed E-state index contributed by atoms with van der Waals surface area (Å²) >= 11 is 1.39. The van der Waals surface area contributed by atoms with E-state index in [1.54, 1.807) is 6.07 Å². The number of carbonyl (C=O) groups excluding carboxylic acids is 2. The van der Waals surface area contributed by atoms with E-state index in [-0.39, 0.29) is 18.5 Å². The van der Waals surface area contributed by atoms with Gasteiger partial charge in [0.1, 0.15) is 17.1 Å². The van der Waals surface area contributed by atoms with Gasteiger partial charge < -0.3 is 9.47 Å². The second kappa shape index (κ2) is 9.37. The van der Waals surface area contributed by atoms with Crippen LogP contribution in [0.3, 0.4) is 0 Å². The Bertz CT molecular complexity index is 782. The molecule has 5 heteroatoms. The quantitative estimate of drug-likeness (QED) is 0.524. The summed E-state index contributed by atoms with van der Waals surface area (Å²) in [5.74, 6) is -0.512. The number of rotatable bonds is 8. The van der Waals surface area contributed by atoms with Gasteiger partial charge in [-0.25, -0.2) is 4.79 Å². The molecule has 1 aromatic carbocycles. The van der Waals surface area contributed by atoms with Gasteiger partial charge >= 0.3 is 11.9 Å². The SMILES string of the molecule is CCC(CC)(Cc1ccc(C(=O)OC(C)(C)C)s1)C(=O)OCc1ccccc1. The lowest BCUT2D eigenvalue weighted by atomic mass is 9.79. The highest BCUT2D eigenvalue weighted by atomic mass is 32.1. The Morgan fingerprint density at radius 3 is 2.18 bits per heavy atom. The number of carbonyl (C=O) groups is 2. The van der Waals surface area contributed by atoms with Crippen LogP contribution in [0.2, 0.25) is 0 Å². The predicted molar refractivity (Wildman–Crippen MR) is 112 cm³/mol. The van der Waals surface area contributed by atoms with Gasteiger partial charge in [-0.15, -0.1) is 11.3 Å². The van der Waals surface area contributed by atoms with E-state index in [4.69, 9.17) is 9.47 Å². The fourth-order valence-corrected chi connectivity index (χ4v) is 4.01. The van der Waals surface area contributed by atoms with Gasteiger partial charge in [-0.3, -0.25) is 4.79 Å². The standard InChI is InChI=1S/C23H30O4S/c1-6-23(7-2,21(25)26-16-17-11-9-8-10-12-17)15-18-13-14-19(28-18)20(24)27-22(3,4)5/h8-14H,6-7,15-16H2,1-5H3. The summed E-state index contributed by atoms with van der Waals surface area (Å²) in [6.45, 7) is 9.84. The van der Waals surface area contributed by atoms with E-state index < -0.39 is 11.0 Å². The third-order valence-electron chi connectivity index (χ3n) is 4.77. The maximum atomic E-state index is 12.9. The first-order valence-electron chi connectivity index (χ1n) is 9.72. The van der Waals surface area contributed by atoms with Crippen molar-refractivity contribution >= 4 is 23.3 Å². The molecule has 0 aliphatic rings. The fraction of sp³-hybridized carbons (Fsp3) is 0.478. The molecule has 4 nitrogen and oxygen atoms in total. The number of thiophene rings is 1. The zero-order valence-electron chi connectivity index (χ0n) is 17.4. The molecule has 0 unspecified atom stereocenters. The van der Waals surface area contributed by atoms with Crippen LogP contribution in [-0.2, 0) is 27.3 Å². The molecule has 0 saturated heterocycles. The second-order valence-electron chi connectivity index (χ2n) is 7.99. The van der Waals surface area contributed by atoms with Crippen LogP contribution in [-0.4, -0.2) is 17.5 Å². The molecular weight excluding hydrogens is 372 g/mol. The summed E-state index contributed by atoms with van der Waals surface area (Å²) in [6, 6.07) is 13.4. The van der Waals surface area contributed by atoms with Crippen LogP contribution in [0.5, 0.6) is 0 Å². The van der Waals surface area contributed by atoms with E-state index in [1.807, 2.05) is 71.0 Å². The van der Waals surface area contributed by atoms with E-state index in [2.05, 4.69) is 0 Å². The van der Waals surface area contributed by atoms with Gasteiger partial charge in [-0.2, -0.15) is 0 Å². The molecule has 152 valence electrons. The Morgan fingerprint density at radius 1 is 0.964 bits per heavy atom. The molecular formula is C23H30O4S. The molecule has 1 heterocycles. The second-order valence-corrected chi connectivity index (χ2v) is 9.16. The minimum atomic E-state index is -0.592. The third-order valence-corrected chi connectivity index (χ3v) is 5.84. The Balaban J connectivity index is 2.08. The van der Waals surface area contributed by atoms with E-state index in [0.29, 0.717) is 24.1 Å². The highest BCUT2D eigenvalue weighted by Crippen LogP contribution is 2.35. The highest BCUT2D eigenvalue weighted by Gasteiger charge is 2.37. The van der Waals surface area contributed by atoms with Gasteiger partial charge in [-0.05, 0) is 57.7 Å². The average molecular weight is 403 g/mol. The summed E-state index contributed by atoms with van der Waals surface area (Å²) in [5.41, 5.74) is -0.149. The number of hydrogen-bond donors (Lipinski definition) is 0. The van der Waals surface area contributed by atoms with Crippen molar-refractivity contribution in [1.29, 1.82) is 0 Å². The van der Waals surface area contributed by atoms with Crippen LogP contribution in [0.25, 0.3) is 0 Å². The monoisotopic (exact) mass is 402 g/mol. The number of esters is 2. The summed E-state index contributed by atoms with van der Waals surface area (Å²) in [5, 5.41) is 0. The van der Waals surface area contributed by atoms with Crippen molar-refractivity contribution in [2.75, 3.05) is 0 Å². The molecule has 2 aromatic rings. The predicted octanol–water partition coefficient (Wildman–Crippen LogP) is 5.80. The van der Waals surface area contributed by atoms with Gasteiger partial charge in [0, 0.05) is 4.88 Å². The van der Waals surface area contributed by atoms with Crippen LogP contribution in [0.4, 0.5) is 0 Å².